The predicted molar refractivity (Wildman–Crippen MR) is 97.6 cm³/mol. The fraction of sp³-hybridized carbons (Fsp3) is 0.190. The Labute approximate surface area is 154 Å². The summed E-state index contributed by atoms with van der Waals surface area (Å²) in [5.74, 6) is -0.815. The zero-order valence-electron chi connectivity index (χ0n) is 14.3. The molecule has 3 heterocycles. The molecule has 0 aliphatic carbocycles. The van der Waals surface area contributed by atoms with Crippen LogP contribution in [0.15, 0.2) is 48.5 Å². The zero-order valence-corrected chi connectivity index (χ0v) is 14.3. The van der Waals surface area contributed by atoms with Crippen molar-refractivity contribution in [3.63, 3.8) is 0 Å². The van der Waals surface area contributed by atoms with E-state index in [-0.39, 0.29) is 22.5 Å². The summed E-state index contributed by atoms with van der Waals surface area (Å²) in [5.41, 5.74) is 0.980. The van der Waals surface area contributed by atoms with Crippen molar-refractivity contribution in [3.05, 3.63) is 71.4 Å². The molecule has 136 valence electrons. The minimum absolute atomic E-state index is 0.205. The first kappa shape index (κ1) is 16.1. The van der Waals surface area contributed by atoms with E-state index in [1.165, 1.54) is 12.1 Å². The molecular weight excluding hydrogens is 350 g/mol. The smallest absolute Gasteiger partial charge is 0.270 e. The highest BCUT2D eigenvalue weighted by Crippen LogP contribution is 2.36. The summed E-state index contributed by atoms with van der Waals surface area (Å²) >= 11 is 0. The number of amides is 1. The van der Waals surface area contributed by atoms with Gasteiger partial charge in [0.1, 0.15) is 28.7 Å². The molecule has 6 heteroatoms. The van der Waals surface area contributed by atoms with Crippen molar-refractivity contribution in [3.8, 4) is 5.75 Å². The van der Waals surface area contributed by atoms with E-state index in [4.69, 9.17) is 4.74 Å². The normalized spacial score (nSPS) is 20.9. The van der Waals surface area contributed by atoms with Gasteiger partial charge in [-0.3, -0.25) is 4.79 Å². The minimum Gasteiger partial charge on any atom is -0.481 e. The first-order valence-corrected chi connectivity index (χ1v) is 8.77. The van der Waals surface area contributed by atoms with Gasteiger partial charge >= 0.3 is 0 Å². The van der Waals surface area contributed by atoms with E-state index in [9.17, 15) is 13.6 Å². The molecule has 1 aromatic heterocycles. The lowest BCUT2D eigenvalue weighted by molar-refractivity contribution is 0.0724. The number of carbonyl (C=O) groups excluding carboxylic acids is 1. The lowest BCUT2D eigenvalue weighted by Gasteiger charge is -2.31. The Morgan fingerprint density at radius 2 is 2.04 bits per heavy atom. The topological polar surface area (TPSA) is 45.3 Å². The average molecular weight is 366 g/mol. The maximum absolute atomic E-state index is 13.9. The number of hydrogen-bond donors (Lipinski definition) is 1. The van der Waals surface area contributed by atoms with Gasteiger partial charge in [-0.05, 0) is 24.3 Å². The fourth-order valence-electron chi connectivity index (χ4n) is 3.85. The average Bonchev–Trinajstić information content (AvgIpc) is 3.26. The third-order valence-corrected chi connectivity index (χ3v) is 5.23. The Hall–Kier alpha value is -3.15. The summed E-state index contributed by atoms with van der Waals surface area (Å²) in [7, 11) is 0. The van der Waals surface area contributed by atoms with Gasteiger partial charge in [0.25, 0.3) is 5.91 Å². The number of hydrogen-bond acceptors (Lipinski definition) is 2. The van der Waals surface area contributed by atoms with Crippen molar-refractivity contribution >= 4 is 22.9 Å². The summed E-state index contributed by atoms with van der Waals surface area (Å²) in [6.45, 7) is 0.931. The number of rotatable bonds is 1. The number of nitrogens with one attached hydrogen (secondary N) is 1. The predicted octanol–water partition coefficient (Wildman–Crippen LogP) is 4.14. The Morgan fingerprint density at radius 3 is 2.93 bits per heavy atom. The van der Waals surface area contributed by atoms with E-state index >= 15 is 0 Å². The molecule has 2 aromatic carbocycles. The monoisotopic (exact) mass is 366 g/mol. The number of likely N-dealkylation sites (tertiary alicyclic amines) is 1. The molecule has 1 fully saturated rings. The number of aromatic amines is 1. The molecule has 3 aromatic rings. The van der Waals surface area contributed by atoms with Crippen LogP contribution in [-0.2, 0) is 0 Å². The van der Waals surface area contributed by atoms with Crippen LogP contribution in [0.5, 0.6) is 5.75 Å². The molecule has 0 bridgehead atoms. The Balaban J connectivity index is 1.41. The lowest BCUT2D eigenvalue weighted by Crippen LogP contribution is -2.40. The number of carbonyl (C=O) groups is 1. The number of para-hydroxylation sites is 1. The third kappa shape index (κ3) is 2.60. The van der Waals surface area contributed by atoms with Gasteiger partial charge in [-0.25, -0.2) is 8.78 Å². The first-order chi connectivity index (χ1) is 13.0. The highest BCUT2D eigenvalue weighted by molar-refractivity contribution is 5.98. The van der Waals surface area contributed by atoms with Crippen molar-refractivity contribution in [1.29, 1.82) is 0 Å². The van der Waals surface area contributed by atoms with Crippen LogP contribution in [0.2, 0.25) is 0 Å². The first-order valence-electron chi connectivity index (χ1n) is 8.77. The number of fused-ring (bicyclic) bond motifs is 2. The fourth-order valence-corrected chi connectivity index (χ4v) is 3.85. The summed E-state index contributed by atoms with van der Waals surface area (Å²) in [6, 6.07) is 11.2. The molecule has 2 aliphatic heterocycles. The van der Waals surface area contributed by atoms with E-state index < -0.39 is 17.2 Å². The number of H-pyrrole nitrogens is 1. The second-order valence-electron chi connectivity index (χ2n) is 7.05. The van der Waals surface area contributed by atoms with Gasteiger partial charge in [0.2, 0.25) is 0 Å². The molecule has 4 nitrogen and oxygen atoms in total. The van der Waals surface area contributed by atoms with Gasteiger partial charge in [-0.1, -0.05) is 24.3 Å². The van der Waals surface area contributed by atoms with Crippen LogP contribution in [0.1, 0.15) is 22.5 Å². The Kier molecular flexibility index (Phi) is 3.37. The molecule has 2 aliphatic rings. The maximum Gasteiger partial charge on any atom is 0.270 e. The van der Waals surface area contributed by atoms with Crippen molar-refractivity contribution in [2.75, 3.05) is 13.1 Å². The Morgan fingerprint density at radius 1 is 1.19 bits per heavy atom. The van der Waals surface area contributed by atoms with Crippen molar-refractivity contribution in [1.82, 2.24) is 9.88 Å². The molecule has 0 saturated carbocycles. The quantitative estimate of drug-likeness (QED) is 0.704. The van der Waals surface area contributed by atoms with Gasteiger partial charge in [-0.2, -0.15) is 0 Å². The highest BCUT2D eigenvalue weighted by Gasteiger charge is 2.42. The summed E-state index contributed by atoms with van der Waals surface area (Å²) in [4.78, 5) is 17.4. The lowest BCUT2D eigenvalue weighted by atomic mass is 9.97. The number of halogens is 2. The van der Waals surface area contributed by atoms with Gasteiger partial charge in [0.05, 0.1) is 12.1 Å². The van der Waals surface area contributed by atoms with E-state index in [0.29, 0.717) is 19.5 Å². The molecular formula is C21H16F2N2O2. The number of aromatic nitrogens is 1. The van der Waals surface area contributed by atoms with Gasteiger partial charge in [0.15, 0.2) is 0 Å². The van der Waals surface area contributed by atoms with Gasteiger partial charge in [0, 0.05) is 30.0 Å². The molecule has 1 atom stereocenters. The van der Waals surface area contributed by atoms with Gasteiger partial charge in [-0.15, -0.1) is 0 Å². The number of nitrogens with zero attached hydrogens (tertiary/aromatic N) is 1. The minimum atomic E-state index is -0.687. The molecule has 5 rings (SSSR count). The van der Waals surface area contributed by atoms with Crippen LogP contribution >= 0.6 is 0 Å². The highest BCUT2D eigenvalue weighted by atomic mass is 19.1. The summed E-state index contributed by atoms with van der Waals surface area (Å²) < 4.78 is 33.5. The standard InChI is InChI=1S/C21H16F2N2O2/c22-14-9-16(23)15-11-18(24-17(15)10-14)20(26)25-8-7-21(12-25)6-5-13-3-1-2-4-19(13)27-21/h1-6,9-11,24H,7-8,12H2. The van der Waals surface area contributed by atoms with Crippen molar-refractivity contribution in [2.24, 2.45) is 0 Å². The third-order valence-electron chi connectivity index (χ3n) is 5.23. The van der Waals surface area contributed by atoms with E-state index in [1.54, 1.807) is 4.90 Å². The van der Waals surface area contributed by atoms with E-state index in [1.807, 2.05) is 36.4 Å². The van der Waals surface area contributed by atoms with Crippen LogP contribution in [0, 0.1) is 11.6 Å². The second-order valence-corrected chi connectivity index (χ2v) is 7.05. The van der Waals surface area contributed by atoms with Crippen LogP contribution in [-0.4, -0.2) is 34.5 Å². The van der Waals surface area contributed by atoms with Crippen molar-refractivity contribution in [2.45, 2.75) is 12.0 Å². The van der Waals surface area contributed by atoms with Crippen molar-refractivity contribution < 1.29 is 18.3 Å². The molecule has 1 amide bonds. The summed E-state index contributed by atoms with van der Waals surface area (Å²) in [6.07, 6.45) is 4.70. The number of benzene rings is 2. The second kappa shape index (κ2) is 5.67. The zero-order chi connectivity index (χ0) is 18.6. The van der Waals surface area contributed by atoms with Crippen LogP contribution < -0.4 is 4.74 Å². The number of ether oxygens (including phenoxy) is 1. The summed E-state index contributed by atoms with van der Waals surface area (Å²) in [5, 5.41) is 0.205. The van der Waals surface area contributed by atoms with Crippen LogP contribution in [0.25, 0.3) is 17.0 Å². The molecule has 1 N–H and O–H groups in total. The molecule has 0 radical (unpaired) electrons. The van der Waals surface area contributed by atoms with Gasteiger partial charge < -0.3 is 14.6 Å². The van der Waals surface area contributed by atoms with E-state index in [2.05, 4.69) is 4.98 Å². The van der Waals surface area contributed by atoms with E-state index in [0.717, 1.165) is 17.4 Å². The van der Waals surface area contributed by atoms with Crippen LogP contribution in [0.3, 0.4) is 0 Å². The molecule has 1 unspecified atom stereocenters. The maximum atomic E-state index is 13.9. The van der Waals surface area contributed by atoms with Crippen LogP contribution in [0.4, 0.5) is 8.78 Å². The molecule has 1 saturated heterocycles. The largest absolute Gasteiger partial charge is 0.481 e. The molecule has 1 spiro atoms. The SMILES string of the molecule is O=C(c1cc2c(F)cc(F)cc2[nH]1)N1CCC2(C=Cc3ccccc3O2)C1. The Bertz CT molecular complexity index is 1100. The molecule has 27 heavy (non-hydrogen) atoms.